The van der Waals surface area contributed by atoms with Gasteiger partial charge in [0.15, 0.2) is 0 Å². The Kier molecular flexibility index (Phi) is 5.43. The highest BCUT2D eigenvalue weighted by atomic mass is 16.2. The van der Waals surface area contributed by atoms with Crippen molar-refractivity contribution < 1.29 is 9.59 Å². The van der Waals surface area contributed by atoms with E-state index in [1.54, 1.807) is 6.20 Å². The van der Waals surface area contributed by atoms with Crippen molar-refractivity contribution in [3.05, 3.63) is 66.0 Å². The van der Waals surface area contributed by atoms with Crippen LogP contribution in [-0.2, 0) is 15.0 Å². The van der Waals surface area contributed by atoms with Crippen LogP contribution >= 0.6 is 0 Å². The predicted molar refractivity (Wildman–Crippen MR) is 122 cm³/mol. The molecule has 6 heteroatoms. The number of nitrogens with zero attached hydrogens (tertiary/aromatic N) is 3. The second-order valence-corrected chi connectivity index (χ2v) is 9.20. The molecule has 0 unspecified atom stereocenters. The second-order valence-electron chi connectivity index (χ2n) is 9.20. The fourth-order valence-corrected chi connectivity index (χ4v) is 5.16. The smallest absolute Gasteiger partial charge is 0.241 e. The van der Waals surface area contributed by atoms with Crippen LogP contribution in [-0.4, -0.2) is 46.9 Å². The summed E-state index contributed by atoms with van der Waals surface area (Å²) in [7, 11) is 0. The van der Waals surface area contributed by atoms with Gasteiger partial charge in [0.1, 0.15) is 5.41 Å². The van der Waals surface area contributed by atoms with Crippen LogP contribution in [0.3, 0.4) is 0 Å². The number of hydrogen-bond donors (Lipinski definition) is 1. The van der Waals surface area contributed by atoms with Gasteiger partial charge in [-0.05, 0) is 63.9 Å². The number of amides is 2. The van der Waals surface area contributed by atoms with Gasteiger partial charge in [0, 0.05) is 18.3 Å². The van der Waals surface area contributed by atoms with Gasteiger partial charge in [-0.15, -0.1) is 0 Å². The molecular weight excluding hydrogens is 388 g/mol. The topological polar surface area (TPSA) is 79.5 Å². The zero-order valence-electron chi connectivity index (χ0n) is 18.5. The molecule has 1 saturated heterocycles. The average Bonchev–Trinajstić information content (AvgIpc) is 2.73. The maximum absolute atomic E-state index is 13.6. The van der Waals surface area contributed by atoms with E-state index >= 15 is 0 Å². The van der Waals surface area contributed by atoms with Crippen molar-refractivity contribution in [2.45, 2.75) is 44.6 Å². The first-order chi connectivity index (χ1) is 14.7. The normalized spacial score (nSPS) is 23.1. The zero-order chi connectivity index (χ0) is 22.2. The number of carbonyl (C=O) groups excluding carboxylic acids is 2. The lowest BCUT2D eigenvalue weighted by atomic mass is 9.76. The number of aromatic nitrogens is 1. The SMILES string of the molecule is CC1=CC(C)(C)N(C(=O)CN2CCC[C@@](C(N)=O)(c3ccccn3)C2)c2ccccc21. The summed E-state index contributed by atoms with van der Waals surface area (Å²) in [5, 5.41) is 0. The van der Waals surface area contributed by atoms with E-state index in [-0.39, 0.29) is 18.4 Å². The number of anilines is 1. The third-order valence-corrected chi connectivity index (χ3v) is 6.52. The molecule has 1 atom stereocenters. The Balaban J connectivity index is 1.61. The minimum absolute atomic E-state index is 0.0162. The Bertz CT molecular complexity index is 1030. The minimum atomic E-state index is -0.869. The molecule has 2 amide bonds. The van der Waals surface area contributed by atoms with Crippen molar-refractivity contribution in [2.24, 2.45) is 5.73 Å². The summed E-state index contributed by atoms with van der Waals surface area (Å²) in [5.74, 6) is -0.368. The second kappa shape index (κ2) is 7.93. The molecule has 0 spiro atoms. The molecule has 0 saturated carbocycles. The van der Waals surface area contributed by atoms with Crippen LogP contribution in [0.2, 0.25) is 0 Å². The van der Waals surface area contributed by atoms with Crippen LogP contribution in [0.15, 0.2) is 54.7 Å². The molecule has 2 N–H and O–H groups in total. The van der Waals surface area contributed by atoms with E-state index in [0.29, 0.717) is 18.7 Å². The Morgan fingerprint density at radius 1 is 1.13 bits per heavy atom. The lowest BCUT2D eigenvalue weighted by Gasteiger charge is -2.44. The first-order valence-electron chi connectivity index (χ1n) is 10.8. The van der Waals surface area contributed by atoms with E-state index in [1.165, 1.54) is 5.57 Å². The van der Waals surface area contributed by atoms with Gasteiger partial charge >= 0.3 is 0 Å². The average molecular weight is 419 g/mol. The van der Waals surface area contributed by atoms with Gasteiger partial charge in [-0.1, -0.05) is 30.3 Å². The lowest BCUT2D eigenvalue weighted by Crippen LogP contribution is -2.57. The fourth-order valence-electron chi connectivity index (χ4n) is 5.16. The van der Waals surface area contributed by atoms with Gasteiger partial charge in [-0.2, -0.15) is 0 Å². The van der Waals surface area contributed by atoms with Crippen molar-refractivity contribution in [3.8, 4) is 0 Å². The molecule has 0 aliphatic carbocycles. The minimum Gasteiger partial charge on any atom is -0.369 e. The maximum Gasteiger partial charge on any atom is 0.241 e. The maximum atomic E-state index is 13.6. The van der Waals surface area contributed by atoms with E-state index in [2.05, 4.69) is 42.8 Å². The van der Waals surface area contributed by atoms with Crippen molar-refractivity contribution in [2.75, 3.05) is 24.5 Å². The molecule has 2 aliphatic heterocycles. The highest BCUT2D eigenvalue weighted by Crippen LogP contribution is 2.39. The number of benzene rings is 1. The third kappa shape index (κ3) is 3.76. The van der Waals surface area contributed by atoms with Gasteiger partial charge in [0.05, 0.1) is 23.5 Å². The molecule has 31 heavy (non-hydrogen) atoms. The number of nitrogens with two attached hydrogens (primary N) is 1. The number of piperidine rings is 1. The van der Waals surface area contributed by atoms with E-state index in [1.807, 2.05) is 41.3 Å². The summed E-state index contributed by atoms with van der Waals surface area (Å²) in [4.78, 5) is 34.5. The summed E-state index contributed by atoms with van der Waals surface area (Å²) in [6.07, 6.45) is 5.26. The van der Waals surface area contributed by atoms with Gasteiger partial charge in [-0.25, -0.2) is 0 Å². The van der Waals surface area contributed by atoms with Crippen molar-refractivity contribution in [1.82, 2.24) is 9.88 Å². The first kappa shape index (κ1) is 21.2. The van der Waals surface area contributed by atoms with Crippen LogP contribution in [0.1, 0.15) is 44.9 Å². The van der Waals surface area contributed by atoms with E-state index in [0.717, 1.165) is 24.2 Å². The molecular formula is C25H30N4O2. The number of carbonyl (C=O) groups is 2. The van der Waals surface area contributed by atoms with Gasteiger partial charge in [-0.3, -0.25) is 19.5 Å². The van der Waals surface area contributed by atoms with Crippen molar-refractivity contribution in [1.29, 1.82) is 0 Å². The number of likely N-dealkylation sites (tertiary alicyclic amines) is 1. The lowest BCUT2D eigenvalue weighted by molar-refractivity contribution is -0.128. The largest absolute Gasteiger partial charge is 0.369 e. The highest BCUT2D eigenvalue weighted by Gasteiger charge is 2.45. The molecule has 6 nitrogen and oxygen atoms in total. The summed E-state index contributed by atoms with van der Waals surface area (Å²) in [5.41, 5.74) is 8.44. The molecule has 0 radical (unpaired) electrons. The van der Waals surface area contributed by atoms with Crippen LogP contribution in [0.5, 0.6) is 0 Å². The number of hydrogen-bond acceptors (Lipinski definition) is 4. The summed E-state index contributed by atoms with van der Waals surface area (Å²) >= 11 is 0. The number of allylic oxidation sites excluding steroid dienone is 1. The van der Waals surface area contributed by atoms with Gasteiger partial charge in [0.2, 0.25) is 11.8 Å². The van der Waals surface area contributed by atoms with E-state index < -0.39 is 11.0 Å². The molecule has 2 aromatic rings. The first-order valence-corrected chi connectivity index (χ1v) is 10.8. The molecule has 4 rings (SSSR count). The molecule has 1 aromatic heterocycles. The summed E-state index contributed by atoms with van der Waals surface area (Å²) < 4.78 is 0. The number of para-hydroxylation sites is 1. The molecule has 162 valence electrons. The molecule has 1 fully saturated rings. The molecule has 3 heterocycles. The van der Waals surface area contributed by atoms with Gasteiger partial charge < -0.3 is 10.6 Å². The number of fused-ring (bicyclic) bond motifs is 1. The van der Waals surface area contributed by atoms with E-state index in [4.69, 9.17) is 5.73 Å². The number of rotatable bonds is 4. The molecule has 1 aromatic carbocycles. The number of pyridine rings is 1. The Morgan fingerprint density at radius 2 is 1.87 bits per heavy atom. The van der Waals surface area contributed by atoms with E-state index in [9.17, 15) is 9.59 Å². The predicted octanol–water partition coefficient (Wildman–Crippen LogP) is 3.13. The molecule has 2 aliphatic rings. The zero-order valence-corrected chi connectivity index (χ0v) is 18.5. The van der Waals surface area contributed by atoms with Gasteiger partial charge in [0.25, 0.3) is 0 Å². The Hall–Kier alpha value is -2.99. The quantitative estimate of drug-likeness (QED) is 0.827. The fraction of sp³-hybridized carbons (Fsp3) is 0.400. The highest BCUT2D eigenvalue weighted by molar-refractivity contribution is 6.01. The van der Waals surface area contributed by atoms with Crippen LogP contribution in [0, 0.1) is 0 Å². The Morgan fingerprint density at radius 3 is 2.58 bits per heavy atom. The van der Waals surface area contributed by atoms with Crippen LogP contribution in [0.4, 0.5) is 5.69 Å². The monoisotopic (exact) mass is 418 g/mol. The Labute approximate surface area is 183 Å². The number of primary amides is 1. The standard InChI is InChI=1S/C25H30N4O2/c1-18-15-24(2,3)29(20-10-5-4-9-19(18)20)22(30)16-28-14-8-12-25(17-28,23(26)31)21-11-6-7-13-27-21/h4-7,9-11,13,15H,8,12,14,16-17H2,1-3H3,(H2,26,31)/t25-/m0/s1. The van der Waals surface area contributed by atoms with Crippen LogP contribution in [0.25, 0.3) is 5.57 Å². The van der Waals surface area contributed by atoms with Crippen molar-refractivity contribution in [3.63, 3.8) is 0 Å². The van der Waals surface area contributed by atoms with Crippen LogP contribution < -0.4 is 10.6 Å². The summed E-state index contributed by atoms with van der Waals surface area (Å²) in [6.45, 7) is 7.58. The summed E-state index contributed by atoms with van der Waals surface area (Å²) in [6, 6.07) is 13.6. The molecule has 0 bridgehead atoms. The van der Waals surface area contributed by atoms with Crippen molar-refractivity contribution >= 4 is 23.1 Å². The third-order valence-electron chi connectivity index (χ3n) is 6.52.